The summed E-state index contributed by atoms with van der Waals surface area (Å²) >= 11 is 0. The summed E-state index contributed by atoms with van der Waals surface area (Å²) in [6.07, 6.45) is 8.29. The zero-order valence-corrected chi connectivity index (χ0v) is 9.47. The van der Waals surface area contributed by atoms with E-state index >= 15 is 0 Å². The molecule has 2 nitrogen and oxygen atoms in total. The van der Waals surface area contributed by atoms with Crippen LogP contribution < -0.4 is 5.73 Å². The van der Waals surface area contributed by atoms with Crippen LogP contribution in [0.5, 0.6) is 0 Å². The summed E-state index contributed by atoms with van der Waals surface area (Å²) in [6.45, 7) is 5.81. The van der Waals surface area contributed by atoms with Crippen LogP contribution >= 0.6 is 0 Å². The molecule has 0 spiro atoms. The minimum atomic E-state index is 0.645. The summed E-state index contributed by atoms with van der Waals surface area (Å²) in [5, 5.41) is 0. The maximum atomic E-state index is 5.68. The van der Waals surface area contributed by atoms with Crippen LogP contribution in [0.3, 0.4) is 0 Å². The van der Waals surface area contributed by atoms with Crippen molar-refractivity contribution in [1.82, 2.24) is 4.90 Å². The molecule has 2 N–H and O–H groups in total. The van der Waals surface area contributed by atoms with Crippen LogP contribution in [0.2, 0.25) is 0 Å². The molecule has 0 saturated heterocycles. The van der Waals surface area contributed by atoms with Gasteiger partial charge in [-0.15, -0.1) is 0 Å². The fraction of sp³-hybridized carbons (Fsp3) is 1.00. The van der Waals surface area contributed by atoms with Gasteiger partial charge in [-0.05, 0) is 57.0 Å². The molecular weight excluding hydrogens is 172 g/mol. The predicted octanol–water partition coefficient (Wildman–Crippen LogP) is 1.99. The van der Waals surface area contributed by atoms with Gasteiger partial charge < -0.3 is 5.73 Å². The van der Waals surface area contributed by atoms with E-state index in [1.807, 2.05) is 0 Å². The third kappa shape index (κ3) is 2.48. The first-order valence-electron chi connectivity index (χ1n) is 6.24. The van der Waals surface area contributed by atoms with E-state index in [1.54, 1.807) is 0 Å². The van der Waals surface area contributed by atoms with Gasteiger partial charge >= 0.3 is 0 Å². The molecule has 82 valence electrons. The molecule has 0 unspecified atom stereocenters. The number of nitrogens with two attached hydrogens (primary N) is 1. The number of nitrogens with zero attached hydrogens (tertiary/aromatic N) is 1. The molecule has 0 amide bonds. The highest BCUT2D eigenvalue weighted by Gasteiger charge is 2.44. The monoisotopic (exact) mass is 196 g/mol. The van der Waals surface area contributed by atoms with Gasteiger partial charge in [0.15, 0.2) is 0 Å². The van der Waals surface area contributed by atoms with E-state index in [9.17, 15) is 0 Å². The normalized spacial score (nSPS) is 24.2. The first kappa shape index (κ1) is 10.4. The minimum Gasteiger partial charge on any atom is -0.330 e. The minimum absolute atomic E-state index is 0.645. The Bertz CT molecular complexity index is 183. The summed E-state index contributed by atoms with van der Waals surface area (Å²) in [6, 6.07) is 0.935. The highest BCUT2D eigenvalue weighted by atomic mass is 15.2. The second-order valence-corrected chi connectivity index (χ2v) is 5.24. The highest BCUT2D eigenvalue weighted by Crippen LogP contribution is 2.50. The van der Waals surface area contributed by atoms with Gasteiger partial charge in [-0.25, -0.2) is 0 Å². The zero-order chi connectivity index (χ0) is 10.0. The SMILES string of the molecule is CCCN(CC1(CCN)CC1)C1CC1. The molecule has 14 heavy (non-hydrogen) atoms. The largest absolute Gasteiger partial charge is 0.330 e. The second-order valence-electron chi connectivity index (χ2n) is 5.24. The first-order valence-corrected chi connectivity index (χ1v) is 6.24. The molecule has 2 fully saturated rings. The average molecular weight is 196 g/mol. The summed E-state index contributed by atoms with van der Waals surface area (Å²) < 4.78 is 0. The third-order valence-electron chi connectivity index (χ3n) is 3.74. The summed E-state index contributed by atoms with van der Waals surface area (Å²) in [5.41, 5.74) is 6.32. The van der Waals surface area contributed by atoms with Crippen molar-refractivity contribution in [3.8, 4) is 0 Å². The van der Waals surface area contributed by atoms with E-state index in [2.05, 4.69) is 11.8 Å². The topological polar surface area (TPSA) is 29.3 Å². The molecule has 2 heteroatoms. The van der Waals surface area contributed by atoms with Gasteiger partial charge in [0.05, 0.1) is 0 Å². The lowest BCUT2D eigenvalue weighted by Crippen LogP contribution is -2.34. The number of hydrogen-bond acceptors (Lipinski definition) is 2. The van der Waals surface area contributed by atoms with Gasteiger partial charge in [-0.1, -0.05) is 6.92 Å². The van der Waals surface area contributed by atoms with E-state index in [-0.39, 0.29) is 0 Å². The van der Waals surface area contributed by atoms with Gasteiger partial charge in [0.25, 0.3) is 0 Å². The molecule has 0 aliphatic heterocycles. The second kappa shape index (κ2) is 4.19. The van der Waals surface area contributed by atoms with Crippen molar-refractivity contribution in [2.75, 3.05) is 19.6 Å². The van der Waals surface area contributed by atoms with Crippen molar-refractivity contribution in [3.63, 3.8) is 0 Å². The lowest BCUT2D eigenvalue weighted by Gasteiger charge is -2.26. The zero-order valence-electron chi connectivity index (χ0n) is 9.47. The Hall–Kier alpha value is -0.0800. The maximum absolute atomic E-state index is 5.68. The highest BCUT2D eigenvalue weighted by molar-refractivity contribution is 4.98. The molecule has 2 aliphatic carbocycles. The van der Waals surface area contributed by atoms with Crippen molar-refractivity contribution in [3.05, 3.63) is 0 Å². The molecule has 2 rings (SSSR count). The van der Waals surface area contributed by atoms with Crippen LogP contribution in [0.1, 0.15) is 45.4 Å². The van der Waals surface area contributed by atoms with E-state index in [0.29, 0.717) is 5.41 Å². The quantitative estimate of drug-likeness (QED) is 0.674. The van der Waals surface area contributed by atoms with E-state index < -0.39 is 0 Å². The Labute approximate surface area is 87.8 Å². The van der Waals surface area contributed by atoms with Crippen molar-refractivity contribution in [2.24, 2.45) is 11.1 Å². The van der Waals surface area contributed by atoms with Crippen molar-refractivity contribution >= 4 is 0 Å². The summed E-state index contributed by atoms with van der Waals surface area (Å²) in [5.74, 6) is 0. The molecule has 0 aromatic carbocycles. The lowest BCUT2D eigenvalue weighted by molar-refractivity contribution is 0.205. The molecule has 0 atom stereocenters. The van der Waals surface area contributed by atoms with Crippen LogP contribution in [-0.4, -0.2) is 30.6 Å². The van der Waals surface area contributed by atoms with Crippen LogP contribution in [-0.2, 0) is 0 Å². The van der Waals surface area contributed by atoms with E-state index in [1.165, 1.54) is 51.6 Å². The molecule has 0 radical (unpaired) electrons. The smallest absolute Gasteiger partial charge is 0.00966 e. The van der Waals surface area contributed by atoms with Gasteiger partial charge in [0, 0.05) is 12.6 Å². The Morgan fingerprint density at radius 3 is 2.50 bits per heavy atom. The molecule has 0 heterocycles. The molecule has 0 bridgehead atoms. The third-order valence-corrected chi connectivity index (χ3v) is 3.74. The van der Waals surface area contributed by atoms with E-state index in [4.69, 9.17) is 5.73 Å². The van der Waals surface area contributed by atoms with Crippen molar-refractivity contribution in [1.29, 1.82) is 0 Å². The lowest BCUT2D eigenvalue weighted by atomic mass is 10.0. The van der Waals surface area contributed by atoms with Gasteiger partial charge in [-0.2, -0.15) is 0 Å². The van der Waals surface area contributed by atoms with Gasteiger partial charge in [-0.3, -0.25) is 4.90 Å². The fourth-order valence-corrected chi connectivity index (χ4v) is 2.52. The van der Waals surface area contributed by atoms with Crippen molar-refractivity contribution < 1.29 is 0 Å². The molecule has 0 aromatic rings. The Kier molecular flexibility index (Phi) is 3.13. The Balaban J connectivity index is 1.80. The maximum Gasteiger partial charge on any atom is 0.00966 e. The number of rotatable bonds is 7. The standard InChI is InChI=1S/C12H24N2/c1-2-9-14(11-3-4-11)10-12(5-6-12)7-8-13/h11H,2-10,13H2,1H3. The fourth-order valence-electron chi connectivity index (χ4n) is 2.52. The first-order chi connectivity index (χ1) is 6.79. The van der Waals surface area contributed by atoms with Crippen LogP contribution in [0.4, 0.5) is 0 Å². The van der Waals surface area contributed by atoms with Crippen LogP contribution in [0.15, 0.2) is 0 Å². The Morgan fingerprint density at radius 1 is 1.36 bits per heavy atom. The molecule has 2 saturated carbocycles. The summed E-state index contributed by atoms with van der Waals surface area (Å²) in [4.78, 5) is 2.72. The van der Waals surface area contributed by atoms with Gasteiger partial charge in [0.1, 0.15) is 0 Å². The predicted molar refractivity (Wildman–Crippen MR) is 60.2 cm³/mol. The van der Waals surface area contributed by atoms with E-state index in [0.717, 1.165) is 12.6 Å². The Morgan fingerprint density at radius 2 is 2.07 bits per heavy atom. The molecular formula is C12H24N2. The summed E-state index contributed by atoms with van der Waals surface area (Å²) in [7, 11) is 0. The van der Waals surface area contributed by atoms with Crippen LogP contribution in [0, 0.1) is 5.41 Å². The van der Waals surface area contributed by atoms with Crippen molar-refractivity contribution in [2.45, 2.75) is 51.5 Å². The van der Waals surface area contributed by atoms with Gasteiger partial charge in [0.2, 0.25) is 0 Å². The van der Waals surface area contributed by atoms with Crippen LogP contribution in [0.25, 0.3) is 0 Å². The molecule has 0 aromatic heterocycles. The number of hydrogen-bond donors (Lipinski definition) is 1. The average Bonchev–Trinajstić information content (AvgIpc) is 2.98. The molecule has 2 aliphatic rings.